The summed E-state index contributed by atoms with van der Waals surface area (Å²) in [5.74, 6) is 0.348. The highest BCUT2D eigenvalue weighted by atomic mass is 35.5. The largest absolute Gasteiger partial charge is 0.292 e. The number of hydrogen-bond acceptors (Lipinski definition) is 1. The Kier molecular flexibility index (Phi) is 6.03. The first-order valence-electron chi connectivity index (χ1n) is 4.92. The van der Waals surface area contributed by atoms with Crippen LogP contribution in [0.2, 0.25) is 5.02 Å². The summed E-state index contributed by atoms with van der Waals surface area (Å²) in [4.78, 5) is 1.63. The Labute approximate surface area is 104 Å². The molecule has 0 bridgehead atoms. The van der Waals surface area contributed by atoms with Gasteiger partial charge in [-0.1, -0.05) is 23.7 Å². The van der Waals surface area contributed by atoms with Gasteiger partial charge in [0.05, 0.1) is 6.54 Å². The van der Waals surface area contributed by atoms with Gasteiger partial charge in [0.1, 0.15) is 0 Å². The van der Waals surface area contributed by atoms with Gasteiger partial charge in [0.25, 0.3) is 6.43 Å². The third-order valence-electron chi connectivity index (χ3n) is 2.12. The Hall–Kier alpha value is -0.380. The minimum Gasteiger partial charge on any atom is -0.292 e. The van der Waals surface area contributed by atoms with Crippen LogP contribution in [0.5, 0.6) is 0 Å². The van der Waals surface area contributed by atoms with Crippen molar-refractivity contribution in [2.45, 2.75) is 13.0 Å². The number of halogens is 4. The van der Waals surface area contributed by atoms with Crippen LogP contribution in [0.3, 0.4) is 0 Å². The highest BCUT2D eigenvalue weighted by Crippen LogP contribution is 2.12. The van der Waals surface area contributed by atoms with E-state index < -0.39 is 6.43 Å². The molecule has 0 heterocycles. The first-order chi connectivity index (χ1) is 7.61. The van der Waals surface area contributed by atoms with Crippen molar-refractivity contribution in [2.24, 2.45) is 0 Å². The predicted octanol–water partition coefficient (Wildman–Crippen LogP) is 3.65. The lowest BCUT2D eigenvalue weighted by Crippen LogP contribution is -2.30. The fourth-order valence-corrected chi connectivity index (χ4v) is 1.76. The fourth-order valence-electron chi connectivity index (χ4n) is 1.40. The molecule has 0 amide bonds. The van der Waals surface area contributed by atoms with Gasteiger partial charge < -0.3 is 0 Å². The normalized spacial score (nSPS) is 11.4. The predicted molar refractivity (Wildman–Crippen MR) is 63.5 cm³/mol. The Morgan fingerprint density at radius 3 is 2.31 bits per heavy atom. The number of hydrogen-bond donors (Lipinski definition) is 0. The minimum absolute atomic E-state index is 0.255. The molecular formula is C11H13Cl2F2N. The van der Waals surface area contributed by atoms with E-state index in [1.807, 2.05) is 12.1 Å². The van der Waals surface area contributed by atoms with Gasteiger partial charge in [-0.05, 0) is 17.7 Å². The van der Waals surface area contributed by atoms with Gasteiger partial charge in [-0.3, -0.25) is 4.90 Å². The maximum Gasteiger partial charge on any atom is 0.251 e. The summed E-state index contributed by atoms with van der Waals surface area (Å²) in [6, 6.07) is 7.15. The van der Waals surface area contributed by atoms with Crippen molar-refractivity contribution in [1.82, 2.24) is 4.90 Å². The molecular weight excluding hydrogens is 255 g/mol. The molecule has 0 spiro atoms. The van der Waals surface area contributed by atoms with Crippen LogP contribution in [-0.4, -0.2) is 30.3 Å². The van der Waals surface area contributed by atoms with Crippen LogP contribution in [0.15, 0.2) is 24.3 Å². The first-order valence-corrected chi connectivity index (χ1v) is 5.84. The molecule has 1 rings (SSSR count). The van der Waals surface area contributed by atoms with Crippen LogP contribution in [0, 0.1) is 0 Å². The standard InChI is InChI=1S/C11H13Cl2F2N/c12-5-6-16(8-11(14)15)7-9-1-3-10(13)4-2-9/h1-4,11H,5-8H2. The zero-order chi connectivity index (χ0) is 12.0. The van der Waals surface area contributed by atoms with Gasteiger partial charge >= 0.3 is 0 Å². The second-order valence-corrected chi connectivity index (χ2v) is 4.26. The lowest BCUT2D eigenvalue weighted by Gasteiger charge is -2.20. The van der Waals surface area contributed by atoms with Gasteiger partial charge in [-0.15, -0.1) is 11.6 Å². The van der Waals surface area contributed by atoms with E-state index in [-0.39, 0.29) is 6.54 Å². The van der Waals surface area contributed by atoms with E-state index in [0.29, 0.717) is 24.0 Å². The average Bonchev–Trinajstić information content (AvgIpc) is 2.21. The smallest absolute Gasteiger partial charge is 0.251 e. The fraction of sp³-hybridized carbons (Fsp3) is 0.455. The van der Waals surface area contributed by atoms with Crippen molar-refractivity contribution >= 4 is 23.2 Å². The molecule has 0 fully saturated rings. The third-order valence-corrected chi connectivity index (χ3v) is 2.54. The molecule has 0 atom stereocenters. The maximum atomic E-state index is 12.3. The molecule has 0 saturated carbocycles. The SMILES string of the molecule is FC(F)CN(CCCl)Cc1ccc(Cl)cc1. The van der Waals surface area contributed by atoms with Gasteiger partial charge in [0, 0.05) is 24.0 Å². The average molecular weight is 268 g/mol. The summed E-state index contributed by atoms with van der Waals surface area (Å²) in [6.45, 7) is 0.665. The molecule has 1 aromatic rings. The quantitative estimate of drug-likeness (QED) is 0.712. The number of alkyl halides is 3. The van der Waals surface area contributed by atoms with Gasteiger partial charge in [0.15, 0.2) is 0 Å². The molecule has 0 saturated heterocycles. The Bertz CT molecular complexity index is 303. The molecule has 1 nitrogen and oxygen atoms in total. The van der Waals surface area contributed by atoms with Crippen LogP contribution in [0.1, 0.15) is 5.56 Å². The zero-order valence-electron chi connectivity index (χ0n) is 8.67. The summed E-state index contributed by atoms with van der Waals surface area (Å²) in [7, 11) is 0. The molecule has 1 aromatic carbocycles. The molecule has 0 unspecified atom stereocenters. The first kappa shape index (κ1) is 13.7. The lowest BCUT2D eigenvalue weighted by molar-refractivity contribution is 0.0878. The molecule has 16 heavy (non-hydrogen) atoms. The second-order valence-electron chi connectivity index (χ2n) is 3.44. The van der Waals surface area contributed by atoms with Gasteiger partial charge in [-0.25, -0.2) is 8.78 Å². The van der Waals surface area contributed by atoms with Crippen LogP contribution in [-0.2, 0) is 6.54 Å². The Morgan fingerprint density at radius 1 is 1.19 bits per heavy atom. The van der Waals surface area contributed by atoms with E-state index in [2.05, 4.69) is 0 Å². The van der Waals surface area contributed by atoms with Crippen molar-refractivity contribution in [3.8, 4) is 0 Å². The van der Waals surface area contributed by atoms with E-state index in [1.165, 1.54) is 0 Å². The summed E-state index contributed by atoms with van der Waals surface area (Å²) in [6.07, 6.45) is -2.34. The highest BCUT2D eigenvalue weighted by molar-refractivity contribution is 6.30. The molecule has 0 N–H and O–H groups in total. The van der Waals surface area contributed by atoms with Crippen molar-refractivity contribution < 1.29 is 8.78 Å². The molecule has 0 radical (unpaired) electrons. The number of nitrogens with zero attached hydrogens (tertiary/aromatic N) is 1. The molecule has 0 aromatic heterocycles. The van der Waals surface area contributed by atoms with E-state index >= 15 is 0 Å². The summed E-state index contributed by atoms with van der Waals surface area (Å²) in [5.41, 5.74) is 0.954. The van der Waals surface area contributed by atoms with E-state index in [0.717, 1.165) is 5.56 Å². The summed E-state index contributed by atoms with van der Waals surface area (Å²) in [5, 5.41) is 0.640. The van der Waals surface area contributed by atoms with Crippen LogP contribution < -0.4 is 0 Å². The zero-order valence-corrected chi connectivity index (χ0v) is 10.2. The van der Waals surface area contributed by atoms with Crippen molar-refractivity contribution in [3.63, 3.8) is 0 Å². The topological polar surface area (TPSA) is 3.24 Å². The number of rotatable bonds is 6. The van der Waals surface area contributed by atoms with Crippen LogP contribution in [0.25, 0.3) is 0 Å². The van der Waals surface area contributed by atoms with E-state index in [4.69, 9.17) is 23.2 Å². The third kappa shape index (κ3) is 5.10. The number of benzene rings is 1. The summed E-state index contributed by atoms with van der Waals surface area (Å²) < 4.78 is 24.5. The van der Waals surface area contributed by atoms with Crippen molar-refractivity contribution in [2.75, 3.05) is 19.0 Å². The Balaban J connectivity index is 2.56. The minimum atomic E-state index is -2.34. The molecule has 90 valence electrons. The lowest BCUT2D eigenvalue weighted by atomic mass is 10.2. The Morgan fingerprint density at radius 2 is 1.81 bits per heavy atom. The molecule has 0 aliphatic heterocycles. The van der Waals surface area contributed by atoms with Crippen molar-refractivity contribution in [3.05, 3.63) is 34.9 Å². The molecule has 0 aliphatic rings. The van der Waals surface area contributed by atoms with Crippen molar-refractivity contribution in [1.29, 1.82) is 0 Å². The van der Waals surface area contributed by atoms with E-state index in [9.17, 15) is 8.78 Å². The summed E-state index contributed by atoms with van der Waals surface area (Å²) >= 11 is 11.3. The van der Waals surface area contributed by atoms with Gasteiger partial charge in [-0.2, -0.15) is 0 Å². The second kappa shape index (κ2) is 7.05. The van der Waals surface area contributed by atoms with Crippen LogP contribution in [0.4, 0.5) is 8.78 Å². The molecule has 0 aliphatic carbocycles. The highest BCUT2D eigenvalue weighted by Gasteiger charge is 2.11. The van der Waals surface area contributed by atoms with Crippen LogP contribution >= 0.6 is 23.2 Å². The monoisotopic (exact) mass is 267 g/mol. The maximum absolute atomic E-state index is 12.3. The molecule has 5 heteroatoms. The van der Waals surface area contributed by atoms with E-state index in [1.54, 1.807) is 17.0 Å². The van der Waals surface area contributed by atoms with Gasteiger partial charge in [0.2, 0.25) is 0 Å².